The molecule has 0 aliphatic heterocycles. The molecule has 4 nitrogen and oxygen atoms in total. The molecule has 2 N–H and O–H groups in total. The zero-order valence-corrected chi connectivity index (χ0v) is 2.94. The van der Waals surface area contributed by atoms with Gasteiger partial charge in [-0.05, 0) is 0 Å². The molecule has 0 fully saturated rings. The molecule has 0 saturated carbocycles. The van der Waals surface area contributed by atoms with Crippen molar-refractivity contribution in [2.45, 2.75) is 0 Å². The van der Waals surface area contributed by atoms with E-state index in [1.807, 2.05) is 0 Å². The Morgan fingerprint density at radius 2 is 1.12 bits per heavy atom. The summed E-state index contributed by atoms with van der Waals surface area (Å²) in [5, 5.41) is 0. The molecule has 8 heavy (non-hydrogen) atoms. The van der Waals surface area contributed by atoms with Crippen molar-refractivity contribution in [2.24, 2.45) is 0 Å². The molecule has 0 aromatic rings. The van der Waals surface area contributed by atoms with E-state index in [2.05, 4.69) is 0 Å². The van der Waals surface area contributed by atoms with Gasteiger partial charge in [0.1, 0.15) is 0 Å². The van der Waals surface area contributed by atoms with Gasteiger partial charge in [-0.1, -0.05) is 0 Å². The quantitative estimate of drug-likeness (QED) is 0.314. The van der Waals surface area contributed by atoms with Crippen molar-refractivity contribution in [3.63, 3.8) is 0 Å². The minimum absolute atomic E-state index is 0. The maximum atomic E-state index is 8.74. The molecule has 0 unspecified atom stereocenters. The van der Waals surface area contributed by atoms with Crippen LogP contribution in [-0.4, -0.2) is 116 Å². The molecule has 0 spiro atoms. The van der Waals surface area contributed by atoms with E-state index in [1.54, 1.807) is 0 Å². The summed E-state index contributed by atoms with van der Waals surface area (Å²) in [6, 6.07) is 0. The Labute approximate surface area is 123 Å². The van der Waals surface area contributed by atoms with E-state index < -0.39 is 10.4 Å². The predicted octanol–water partition coefficient (Wildman–Crippen LogP) is -3.13. The maximum absolute atomic E-state index is 8.74. The molecular formula is H7AlKNaO4S. The fraction of sp³-hybridized carbons (Fsp3) is 0. The van der Waals surface area contributed by atoms with E-state index in [9.17, 15) is 0 Å². The van der Waals surface area contributed by atoms with E-state index in [1.165, 1.54) is 0 Å². The molecule has 0 bridgehead atoms. The summed E-state index contributed by atoms with van der Waals surface area (Å²) < 4.78 is 31.6. The van der Waals surface area contributed by atoms with Crippen LogP contribution in [0.4, 0.5) is 0 Å². The zero-order valence-electron chi connectivity index (χ0n) is 2.12. The predicted molar refractivity (Wildman–Crippen MR) is 38.4 cm³/mol. The summed E-state index contributed by atoms with van der Waals surface area (Å²) in [4.78, 5) is 0. The second kappa shape index (κ2) is 10.0. The molecule has 0 aliphatic rings. The molecule has 0 aromatic heterocycles. The SMILES string of the molecule is O=S(=O)(O)O.[AlH3].[KH].[NaH]. The van der Waals surface area contributed by atoms with Crippen molar-refractivity contribution in [3.8, 4) is 0 Å². The Morgan fingerprint density at radius 1 is 1.12 bits per heavy atom. The van der Waals surface area contributed by atoms with Gasteiger partial charge in [-0.25, -0.2) is 0 Å². The van der Waals surface area contributed by atoms with Gasteiger partial charge in [0, 0.05) is 0 Å². The Kier molecular flexibility index (Phi) is 28.2. The first-order valence-electron chi connectivity index (χ1n) is 0.698. The normalized spacial score (nSPS) is 7.25. The van der Waals surface area contributed by atoms with E-state index in [4.69, 9.17) is 17.5 Å². The van der Waals surface area contributed by atoms with Crippen molar-refractivity contribution in [2.75, 3.05) is 0 Å². The second-order valence-corrected chi connectivity index (χ2v) is 1.34. The van der Waals surface area contributed by atoms with Crippen LogP contribution in [0.3, 0.4) is 0 Å². The molecule has 0 saturated heterocycles. The van der Waals surface area contributed by atoms with Crippen LogP contribution in [0.15, 0.2) is 0 Å². The van der Waals surface area contributed by atoms with Gasteiger partial charge < -0.3 is 0 Å². The van der Waals surface area contributed by atoms with E-state index in [0.29, 0.717) is 0 Å². The average Bonchev–Trinajstić information content (AvgIpc) is 0.722. The van der Waals surface area contributed by atoms with Gasteiger partial charge in [0.15, 0.2) is 17.4 Å². The van der Waals surface area contributed by atoms with Crippen molar-refractivity contribution in [1.82, 2.24) is 0 Å². The van der Waals surface area contributed by atoms with Crippen molar-refractivity contribution in [3.05, 3.63) is 0 Å². The van der Waals surface area contributed by atoms with E-state index >= 15 is 0 Å². The zero-order chi connectivity index (χ0) is 4.50. The standard InChI is InChI=1S/Al.K.Na.H2O4S.5H/c;;;1-5(2,3)4;;;;;/h;;;(H2,1,2,3,4);;;;;. The molecule has 42 valence electrons. The van der Waals surface area contributed by atoms with Crippen molar-refractivity contribution in [1.29, 1.82) is 0 Å². The molecule has 0 aliphatic carbocycles. The fourth-order valence-corrected chi connectivity index (χ4v) is 0. The first-order chi connectivity index (χ1) is 2.00. The van der Waals surface area contributed by atoms with Gasteiger partial charge in [0.2, 0.25) is 0 Å². The third kappa shape index (κ3) is 63.3. The number of hydrogen-bond acceptors (Lipinski definition) is 2. The summed E-state index contributed by atoms with van der Waals surface area (Å²) in [7, 11) is -4.67. The van der Waals surface area contributed by atoms with Gasteiger partial charge in [-0.15, -0.1) is 0 Å². The summed E-state index contributed by atoms with van der Waals surface area (Å²) in [6.45, 7) is 0. The summed E-state index contributed by atoms with van der Waals surface area (Å²) in [5.41, 5.74) is 0. The van der Waals surface area contributed by atoms with Crippen LogP contribution >= 0.6 is 0 Å². The molecule has 0 atom stereocenters. The Bertz CT molecular complexity index is 99.2. The van der Waals surface area contributed by atoms with Crippen LogP contribution in [0.25, 0.3) is 0 Å². The molecule has 0 amide bonds. The fourth-order valence-electron chi connectivity index (χ4n) is 0. The third-order valence-corrected chi connectivity index (χ3v) is 0. The van der Waals surface area contributed by atoms with Crippen LogP contribution in [0, 0.1) is 0 Å². The van der Waals surface area contributed by atoms with Gasteiger partial charge >= 0.3 is 91.3 Å². The van der Waals surface area contributed by atoms with Crippen molar-refractivity contribution < 1.29 is 17.5 Å². The molecular weight excluding hydrogens is 185 g/mol. The Hall–Kier alpha value is 3.04. The first-order valence-corrected chi connectivity index (χ1v) is 2.10. The van der Waals surface area contributed by atoms with Gasteiger partial charge in [-0.3, -0.25) is 9.11 Å². The van der Waals surface area contributed by atoms with Crippen LogP contribution in [0.1, 0.15) is 0 Å². The summed E-state index contributed by atoms with van der Waals surface area (Å²) >= 11 is 0. The van der Waals surface area contributed by atoms with E-state index in [0.717, 1.165) is 0 Å². The molecule has 0 radical (unpaired) electrons. The van der Waals surface area contributed by atoms with E-state index in [-0.39, 0.29) is 98.3 Å². The van der Waals surface area contributed by atoms with Gasteiger partial charge in [-0.2, -0.15) is 8.42 Å². The first kappa shape index (κ1) is 22.5. The average molecular weight is 192 g/mol. The number of rotatable bonds is 0. The van der Waals surface area contributed by atoms with Crippen LogP contribution in [0.5, 0.6) is 0 Å². The van der Waals surface area contributed by atoms with Gasteiger partial charge in [0.05, 0.1) is 0 Å². The van der Waals surface area contributed by atoms with Crippen molar-refractivity contribution >= 4 is 109 Å². The van der Waals surface area contributed by atoms with Crippen LogP contribution < -0.4 is 0 Å². The monoisotopic (exact) mass is 192 g/mol. The minimum atomic E-state index is -4.67. The number of hydrogen-bond donors (Lipinski definition) is 2. The Morgan fingerprint density at radius 3 is 1.12 bits per heavy atom. The summed E-state index contributed by atoms with van der Waals surface area (Å²) in [5.74, 6) is 0. The molecule has 8 heteroatoms. The third-order valence-electron chi connectivity index (χ3n) is 0. The molecule has 0 aromatic carbocycles. The van der Waals surface area contributed by atoms with Gasteiger partial charge in [0.25, 0.3) is 0 Å². The Balaban J connectivity index is -0.0000000267. The topological polar surface area (TPSA) is 74.6 Å². The summed E-state index contributed by atoms with van der Waals surface area (Å²) in [6.07, 6.45) is 0. The molecule has 0 heterocycles. The second-order valence-electron chi connectivity index (χ2n) is 0.448. The van der Waals surface area contributed by atoms with Crippen LogP contribution in [-0.2, 0) is 10.4 Å². The molecule has 0 rings (SSSR count). The van der Waals surface area contributed by atoms with Crippen LogP contribution in [0.2, 0.25) is 0 Å².